The Morgan fingerprint density at radius 1 is 0.367 bits per heavy atom. The van der Waals surface area contributed by atoms with E-state index in [2.05, 4.69) is 120 Å². The van der Waals surface area contributed by atoms with E-state index in [1.165, 1.54) is 0 Å². The lowest BCUT2D eigenvalue weighted by atomic mass is 10.1. The zero-order valence-electron chi connectivity index (χ0n) is 26.8. The third kappa shape index (κ3) is 6.21. The molecule has 1 heterocycles. The third-order valence-electron chi connectivity index (χ3n) is 8.48. The molecule has 0 radical (unpaired) electrons. The summed E-state index contributed by atoms with van der Waals surface area (Å²) in [5, 5.41) is 16.2. The van der Waals surface area contributed by atoms with E-state index in [1.807, 2.05) is 95.2 Å². The number of hydrogen-bond donors (Lipinski definition) is 0. The average molecular weight is 632 g/mol. The highest BCUT2D eigenvalue weighted by Crippen LogP contribution is 2.34. The van der Waals surface area contributed by atoms with Gasteiger partial charge in [-0.2, -0.15) is 10.2 Å². The topological polar surface area (TPSA) is 36.1 Å². The van der Waals surface area contributed by atoms with Crippen molar-refractivity contribution in [2.45, 2.75) is 0 Å². The summed E-state index contributed by atoms with van der Waals surface area (Å²) in [4.78, 5) is 0. The molecule has 234 valence electrons. The van der Waals surface area contributed by atoms with Crippen molar-refractivity contribution in [2.24, 2.45) is 10.2 Å². The molecule has 5 nitrogen and oxygen atoms in total. The molecule has 0 spiro atoms. The summed E-state index contributed by atoms with van der Waals surface area (Å²) in [6.45, 7) is 0. The maximum Gasteiger partial charge on any atom is 0.0652 e. The quantitative estimate of drug-likeness (QED) is 0.117. The number of anilines is 4. The zero-order chi connectivity index (χ0) is 32.8. The lowest BCUT2D eigenvalue weighted by molar-refractivity contribution is 1.09. The second-order valence-electron chi connectivity index (χ2n) is 11.7. The first kappa shape index (κ1) is 29.7. The van der Waals surface area contributed by atoms with Gasteiger partial charge in [-0.3, -0.25) is 0 Å². The Kier molecular flexibility index (Phi) is 8.21. The molecule has 0 amide bonds. The molecule has 49 heavy (non-hydrogen) atoms. The van der Waals surface area contributed by atoms with Gasteiger partial charge in [-0.1, -0.05) is 103 Å². The highest BCUT2D eigenvalue weighted by atomic mass is 15.5. The summed E-state index contributed by atoms with van der Waals surface area (Å²) in [6.07, 6.45) is 3.88. The second-order valence-corrected chi connectivity index (χ2v) is 11.7. The molecule has 0 saturated carbocycles. The van der Waals surface area contributed by atoms with Gasteiger partial charge in [-0.15, -0.1) is 0 Å². The summed E-state index contributed by atoms with van der Waals surface area (Å²) in [5.41, 5.74) is 9.38. The minimum Gasteiger partial charge on any atom is -0.309 e. The van der Waals surface area contributed by atoms with Crippen LogP contribution < -0.4 is 10.0 Å². The van der Waals surface area contributed by atoms with Crippen LogP contribution in [0.3, 0.4) is 0 Å². The van der Waals surface area contributed by atoms with E-state index in [9.17, 15) is 0 Å². The molecule has 8 rings (SSSR count). The van der Waals surface area contributed by atoms with Crippen LogP contribution in [0.15, 0.2) is 198 Å². The van der Waals surface area contributed by atoms with Gasteiger partial charge >= 0.3 is 0 Å². The van der Waals surface area contributed by atoms with Crippen LogP contribution in [0.25, 0.3) is 27.5 Å². The van der Waals surface area contributed by atoms with Crippen LogP contribution in [0.5, 0.6) is 0 Å². The summed E-state index contributed by atoms with van der Waals surface area (Å²) in [6, 6.07) is 64.6. The van der Waals surface area contributed by atoms with Crippen molar-refractivity contribution < 1.29 is 0 Å². The Balaban J connectivity index is 1.23. The molecule has 0 saturated heterocycles. The van der Waals surface area contributed by atoms with Crippen LogP contribution in [0, 0.1) is 0 Å². The first-order valence-electron chi connectivity index (χ1n) is 16.3. The van der Waals surface area contributed by atoms with Gasteiger partial charge in [0.15, 0.2) is 0 Å². The fourth-order valence-electron chi connectivity index (χ4n) is 6.16. The van der Waals surface area contributed by atoms with E-state index in [1.54, 1.807) is 0 Å². The number of aromatic nitrogens is 1. The Hall–Kier alpha value is -6.72. The number of benzene rings is 7. The van der Waals surface area contributed by atoms with Crippen molar-refractivity contribution in [3.63, 3.8) is 0 Å². The molecule has 0 aliphatic heterocycles. The molecular formula is C44H33N5. The third-order valence-corrected chi connectivity index (χ3v) is 8.48. The smallest absolute Gasteiger partial charge is 0.0652 e. The van der Waals surface area contributed by atoms with E-state index in [0.29, 0.717) is 0 Å². The fourth-order valence-corrected chi connectivity index (χ4v) is 6.16. The van der Waals surface area contributed by atoms with Crippen LogP contribution in [-0.4, -0.2) is 17.0 Å². The number of fused-ring (bicyclic) bond motifs is 3. The first-order valence-corrected chi connectivity index (χ1v) is 16.3. The van der Waals surface area contributed by atoms with Gasteiger partial charge in [-0.25, -0.2) is 10.0 Å². The summed E-state index contributed by atoms with van der Waals surface area (Å²) < 4.78 is 2.33. The number of rotatable bonds is 9. The summed E-state index contributed by atoms with van der Waals surface area (Å²) in [5.74, 6) is 0. The lowest BCUT2D eigenvalue weighted by Gasteiger charge is -2.19. The fraction of sp³-hybridized carbons (Fsp3) is 0. The van der Waals surface area contributed by atoms with Crippen LogP contribution >= 0.6 is 0 Å². The first-order chi connectivity index (χ1) is 24.3. The number of nitrogens with zero attached hydrogens (tertiary/aromatic N) is 5. The monoisotopic (exact) mass is 631 g/mol. The van der Waals surface area contributed by atoms with E-state index in [0.717, 1.165) is 61.4 Å². The largest absolute Gasteiger partial charge is 0.309 e. The standard InChI is InChI=1S/C44H33N5/c1-6-16-36(17-7-1)47-43-28-26-34(32-45-48(37-18-8-2-9-19-37)38-20-10-3-11-21-38)30-41(43)42-31-35(27-29-44(42)47)33-46-49(39-22-12-4-13-23-39)40-24-14-5-15-25-40/h1-33H/b45-32+,46-33+. The van der Waals surface area contributed by atoms with Crippen LogP contribution in [-0.2, 0) is 0 Å². The molecule has 0 fully saturated rings. The van der Waals surface area contributed by atoms with Gasteiger partial charge in [-0.05, 0) is 96.1 Å². The van der Waals surface area contributed by atoms with Crippen molar-refractivity contribution >= 4 is 57.0 Å². The minimum absolute atomic E-state index is 0.996. The zero-order valence-corrected chi connectivity index (χ0v) is 26.8. The van der Waals surface area contributed by atoms with E-state index >= 15 is 0 Å². The molecule has 8 aromatic rings. The molecule has 0 aliphatic rings. The summed E-state index contributed by atoms with van der Waals surface area (Å²) >= 11 is 0. The Bertz CT molecular complexity index is 2140. The normalized spacial score (nSPS) is 11.5. The Labute approximate surface area is 285 Å². The van der Waals surface area contributed by atoms with Crippen LogP contribution in [0.1, 0.15) is 11.1 Å². The van der Waals surface area contributed by atoms with Crippen molar-refractivity contribution in [1.29, 1.82) is 0 Å². The highest BCUT2D eigenvalue weighted by Gasteiger charge is 2.14. The molecule has 0 aliphatic carbocycles. The Morgan fingerprint density at radius 2 is 0.694 bits per heavy atom. The second kappa shape index (κ2) is 13.6. The van der Waals surface area contributed by atoms with Crippen molar-refractivity contribution in [3.8, 4) is 5.69 Å². The van der Waals surface area contributed by atoms with Crippen LogP contribution in [0.2, 0.25) is 0 Å². The highest BCUT2D eigenvalue weighted by molar-refractivity contribution is 6.12. The van der Waals surface area contributed by atoms with Crippen molar-refractivity contribution in [2.75, 3.05) is 10.0 Å². The number of hydrogen-bond acceptors (Lipinski definition) is 4. The van der Waals surface area contributed by atoms with Crippen LogP contribution in [0.4, 0.5) is 22.7 Å². The van der Waals surface area contributed by atoms with E-state index in [4.69, 9.17) is 10.2 Å². The number of hydrazone groups is 2. The molecule has 5 heteroatoms. The minimum atomic E-state index is 0.996. The van der Waals surface area contributed by atoms with Crippen molar-refractivity contribution in [1.82, 2.24) is 4.57 Å². The SMILES string of the molecule is C(=N\N(c1ccccc1)c1ccccc1)/c1ccc2c(c1)c1cc(/C=N/N(c3ccccc3)c3ccccc3)ccc1n2-c1ccccc1. The van der Waals surface area contributed by atoms with Crippen molar-refractivity contribution in [3.05, 3.63) is 199 Å². The molecule has 0 N–H and O–H groups in total. The molecular weight excluding hydrogens is 599 g/mol. The average Bonchev–Trinajstić information content (AvgIpc) is 3.50. The van der Waals surface area contributed by atoms with E-state index in [-0.39, 0.29) is 0 Å². The van der Waals surface area contributed by atoms with Gasteiger partial charge in [0.1, 0.15) is 0 Å². The maximum atomic E-state index is 4.99. The maximum absolute atomic E-state index is 4.99. The number of para-hydroxylation sites is 5. The van der Waals surface area contributed by atoms with Gasteiger partial charge in [0.05, 0.1) is 46.2 Å². The predicted octanol–water partition coefficient (Wildman–Crippen LogP) is 11.1. The Morgan fingerprint density at radius 3 is 1.04 bits per heavy atom. The summed E-state index contributed by atoms with van der Waals surface area (Å²) in [7, 11) is 0. The van der Waals surface area contributed by atoms with Gasteiger partial charge in [0.25, 0.3) is 0 Å². The van der Waals surface area contributed by atoms with E-state index < -0.39 is 0 Å². The predicted molar refractivity (Wildman–Crippen MR) is 206 cm³/mol. The van der Waals surface area contributed by atoms with Gasteiger partial charge in [0.2, 0.25) is 0 Å². The van der Waals surface area contributed by atoms with Gasteiger partial charge in [0, 0.05) is 16.5 Å². The molecule has 7 aromatic carbocycles. The molecule has 0 atom stereocenters. The molecule has 0 bridgehead atoms. The van der Waals surface area contributed by atoms with Gasteiger partial charge < -0.3 is 4.57 Å². The molecule has 1 aromatic heterocycles. The lowest BCUT2D eigenvalue weighted by Crippen LogP contribution is -2.09. The molecule has 0 unspecified atom stereocenters.